The summed E-state index contributed by atoms with van der Waals surface area (Å²) in [6.45, 7) is 14.3. The third kappa shape index (κ3) is 9.21. The molecule has 2 saturated carbocycles. The quantitative estimate of drug-likeness (QED) is 0.202. The zero-order valence-corrected chi connectivity index (χ0v) is 33.6. The second kappa shape index (κ2) is 15.1. The molecule has 3 fully saturated rings. The summed E-state index contributed by atoms with van der Waals surface area (Å²) >= 11 is 1.53. The van der Waals surface area contributed by atoms with Gasteiger partial charge >= 0.3 is 6.09 Å². The lowest BCUT2D eigenvalue weighted by Crippen LogP contribution is -2.60. The molecule has 2 aromatic heterocycles. The molecule has 294 valence electrons. The maximum absolute atomic E-state index is 14.6. The van der Waals surface area contributed by atoms with E-state index in [0.717, 1.165) is 10.4 Å². The fraction of sp³-hybridized carbons (Fsp3) is 0.475. The van der Waals surface area contributed by atoms with Crippen LogP contribution >= 0.6 is 11.3 Å². The molecule has 2 aliphatic carbocycles. The Bertz CT molecular complexity index is 2060. The summed E-state index contributed by atoms with van der Waals surface area (Å²) in [6, 6.07) is 14.9. The Kier molecular flexibility index (Phi) is 10.9. The number of hydrogen-bond acceptors (Lipinski definition) is 10. The van der Waals surface area contributed by atoms with E-state index in [4.69, 9.17) is 14.5 Å². The average molecular weight is 792 g/mol. The van der Waals surface area contributed by atoms with E-state index in [-0.39, 0.29) is 19.4 Å². The zero-order chi connectivity index (χ0) is 39.9. The van der Waals surface area contributed by atoms with Gasteiger partial charge in [-0.1, -0.05) is 63.2 Å². The van der Waals surface area contributed by atoms with Gasteiger partial charge in [0.05, 0.1) is 28.1 Å². The molecule has 15 heteroatoms. The highest BCUT2D eigenvalue weighted by Crippen LogP contribution is 2.45. The first-order chi connectivity index (χ1) is 25.8. The lowest BCUT2D eigenvalue weighted by atomic mass is 9.85. The number of nitrogens with zero attached hydrogens (tertiary/aromatic N) is 2. The molecule has 13 nitrogen and oxygen atoms in total. The molecule has 55 heavy (non-hydrogen) atoms. The Morgan fingerprint density at radius 2 is 1.71 bits per heavy atom. The Hall–Kier alpha value is -4.76. The Morgan fingerprint density at radius 1 is 1.02 bits per heavy atom. The van der Waals surface area contributed by atoms with Gasteiger partial charge in [0, 0.05) is 30.0 Å². The van der Waals surface area contributed by atoms with Crippen molar-refractivity contribution in [2.45, 2.75) is 102 Å². The van der Waals surface area contributed by atoms with Gasteiger partial charge in [-0.3, -0.25) is 19.1 Å². The minimum Gasteiger partial charge on any atom is -0.488 e. The van der Waals surface area contributed by atoms with Gasteiger partial charge < -0.3 is 25.0 Å². The first-order valence-electron chi connectivity index (χ1n) is 18.4. The number of alkyl carbamates (subject to hydrolysis) is 1. The van der Waals surface area contributed by atoms with Gasteiger partial charge in [0.25, 0.3) is 5.91 Å². The summed E-state index contributed by atoms with van der Waals surface area (Å²) < 4.78 is 39.7. The van der Waals surface area contributed by atoms with E-state index in [9.17, 15) is 27.6 Å². The molecular weight excluding hydrogens is 743 g/mol. The number of carbonyl (C=O) groups is 4. The maximum atomic E-state index is 14.6. The van der Waals surface area contributed by atoms with Crippen LogP contribution in [-0.4, -0.2) is 83.2 Å². The van der Waals surface area contributed by atoms with Crippen molar-refractivity contribution in [1.29, 1.82) is 0 Å². The Balaban J connectivity index is 1.31. The zero-order valence-electron chi connectivity index (χ0n) is 32.0. The molecule has 1 aromatic carbocycles. The van der Waals surface area contributed by atoms with Crippen LogP contribution in [0.5, 0.6) is 5.75 Å². The summed E-state index contributed by atoms with van der Waals surface area (Å²) in [7, 11) is -3.91. The number of hydrogen-bond donors (Lipinski definition) is 3. The van der Waals surface area contributed by atoms with Crippen molar-refractivity contribution < 1.29 is 37.1 Å². The predicted octanol–water partition coefficient (Wildman–Crippen LogP) is 5.43. The number of rotatable bonds is 12. The number of sulfonamides is 1. The molecule has 3 N–H and O–H groups in total. The number of benzene rings is 1. The minimum atomic E-state index is -3.91. The molecule has 0 bridgehead atoms. The van der Waals surface area contributed by atoms with E-state index in [0.29, 0.717) is 30.0 Å². The van der Waals surface area contributed by atoms with Crippen LogP contribution in [0.1, 0.15) is 67.2 Å². The summed E-state index contributed by atoms with van der Waals surface area (Å²) in [5.41, 5.74) is -0.960. The Morgan fingerprint density at radius 3 is 2.29 bits per heavy atom. The van der Waals surface area contributed by atoms with Gasteiger partial charge in [0.1, 0.15) is 35.1 Å². The van der Waals surface area contributed by atoms with Crippen molar-refractivity contribution in [1.82, 2.24) is 25.2 Å². The molecule has 5 atom stereocenters. The summed E-state index contributed by atoms with van der Waals surface area (Å²) in [5.74, 6) is -2.10. The molecule has 1 aliphatic heterocycles. The van der Waals surface area contributed by atoms with E-state index in [1.54, 1.807) is 41.5 Å². The molecular formula is C40H49N5O8S2. The molecule has 3 aliphatic rings. The number of ether oxygens (including phenoxy) is 2. The van der Waals surface area contributed by atoms with Gasteiger partial charge in [-0.25, -0.2) is 18.2 Å². The van der Waals surface area contributed by atoms with Gasteiger partial charge in [-0.05, 0) is 56.9 Å². The standard InChI is InChI=1S/C40H49N5O8S2/c1-8-25-22-40(25,36(48)44-55(50,51)28-16-17-28)43-34(46)31-21-27(23-45(31)35(47)33(38(2,3)4)42-37(49)53-39(5,6)7)52-26-19-29(24-13-10-9-11-14-24)41-30(20-26)32-15-12-18-54-32/h8-15,18-20,25,27-28,31,33H,1,16-17,21-23H2,2-7H3,(H,42,49)(H,43,46)(H,44,48). The molecule has 3 aromatic rings. The van der Waals surface area contributed by atoms with Crippen LogP contribution in [0.4, 0.5) is 4.79 Å². The second-order valence-corrected chi connectivity index (χ2v) is 19.4. The molecule has 6 rings (SSSR count). The van der Waals surface area contributed by atoms with E-state index in [2.05, 4.69) is 21.9 Å². The Labute approximate surface area is 326 Å². The third-order valence-electron chi connectivity index (χ3n) is 9.82. The number of thiophene rings is 1. The molecule has 5 unspecified atom stereocenters. The van der Waals surface area contributed by atoms with Gasteiger partial charge in [0.15, 0.2) is 0 Å². The van der Waals surface area contributed by atoms with E-state index in [1.807, 2.05) is 60.0 Å². The highest BCUT2D eigenvalue weighted by atomic mass is 32.2. The average Bonchev–Trinajstić information content (AvgIpc) is 3.98. The van der Waals surface area contributed by atoms with Crippen LogP contribution in [-0.2, 0) is 29.1 Å². The van der Waals surface area contributed by atoms with Crippen LogP contribution in [0.2, 0.25) is 0 Å². The van der Waals surface area contributed by atoms with Crippen molar-refractivity contribution in [3.8, 4) is 27.6 Å². The first kappa shape index (κ1) is 39.9. The van der Waals surface area contributed by atoms with Crippen LogP contribution < -0.4 is 20.1 Å². The van der Waals surface area contributed by atoms with Crippen LogP contribution in [0.15, 0.2) is 72.6 Å². The number of aromatic nitrogens is 1. The van der Waals surface area contributed by atoms with Crippen LogP contribution in [0.3, 0.4) is 0 Å². The van der Waals surface area contributed by atoms with E-state index in [1.165, 1.54) is 22.3 Å². The van der Waals surface area contributed by atoms with Crippen LogP contribution in [0, 0.1) is 11.3 Å². The van der Waals surface area contributed by atoms with Crippen molar-refractivity contribution in [2.24, 2.45) is 11.3 Å². The topological polar surface area (TPSA) is 173 Å². The highest BCUT2D eigenvalue weighted by molar-refractivity contribution is 7.91. The fourth-order valence-corrected chi connectivity index (χ4v) is 8.76. The van der Waals surface area contributed by atoms with E-state index < -0.39 is 79.7 Å². The lowest BCUT2D eigenvalue weighted by molar-refractivity contribution is -0.143. The van der Waals surface area contributed by atoms with Crippen molar-refractivity contribution >= 4 is 45.2 Å². The summed E-state index contributed by atoms with van der Waals surface area (Å²) in [5, 5.41) is 6.85. The van der Waals surface area contributed by atoms with Gasteiger partial charge in [-0.2, -0.15) is 0 Å². The molecule has 1 saturated heterocycles. The maximum Gasteiger partial charge on any atom is 0.408 e. The van der Waals surface area contributed by atoms with Crippen molar-refractivity contribution in [3.63, 3.8) is 0 Å². The van der Waals surface area contributed by atoms with E-state index >= 15 is 0 Å². The molecule has 3 heterocycles. The third-order valence-corrected chi connectivity index (χ3v) is 12.5. The largest absolute Gasteiger partial charge is 0.488 e. The van der Waals surface area contributed by atoms with Crippen molar-refractivity contribution in [2.75, 3.05) is 6.54 Å². The fourth-order valence-electron chi connectivity index (χ4n) is 6.71. The minimum absolute atomic E-state index is 0.0308. The lowest BCUT2D eigenvalue weighted by Gasteiger charge is -2.36. The van der Waals surface area contributed by atoms with Crippen LogP contribution in [0.25, 0.3) is 21.8 Å². The number of nitrogens with one attached hydrogen (secondary N) is 3. The molecule has 4 amide bonds. The number of amides is 4. The SMILES string of the molecule is C=CC1CC1(NC(=O)C1CC(Oc2cc(-c3ccccc3)nc(-c3cccs3)c2)CN1C(=O)C(NC(=O)OC(C)(C)C)C(C)(C)C)C(=O)NS(=O)(=O)C1CC1. The monoisotopic (exact) mass is 791 g/mol. The number of pyridine rings is 1. The summed E-state index contributed by atoms with van der Waals surface area (Å²) in [4.78, 5) is 62.7. The van der Waals surface area contributed by atoms with Crippen molar-refractivity contribution in [3.05, 3.63) is 72.6 Å². The smallest absolute Gasteiger partial charge is 0.408 e. The highest BCUT2D eigenvalue weighted by Gasteiger charge is 2.62. The normalized spacial score (nSPS) is 22.9. The second-order valence-electron chi connectivity index (χ2n) is 16.5. The predicted molar refractivity (Wildman–Crippen MR) is 209 cm³/mol. The summed E-state index contributed by atoms with van der Waals surface area (Å²) in [6.07, 6.45) is 1.11. The number of carbonyl (C=O) groups excluding carboxylic acids is 4. The molecule has 0 spiro atoms. The first-order valence-corrected chi connectivity index (χ1v) is 20.8. The number of likely N-dealkylation sites (tertiary alicyclic amines) is 1. The van der Waals surface area contributed by atoms with Gasteiger partial charge in [-0.15, -0.1) is 17.9 Å². The molecule has 0 radical (unpaired) electrons. The van der Waals surface area contributed by atoms with Gasteiger partial charge in [0.2, 0.25) is 21.8 Å².